The number of carbonyl (C=O) groups excluding carboxylic acids is 2. The smallest absolute Gasteiger partial charge is 0.337 e. The Morgan fingerprint density at radius 2 is 1.47 bits per heavy atom. The highest BCUT2D eigenvalue weighted by Gasteiger charge is 2.19. The van der Waals surface area contributed by atoms with Gasteiger partial charge in [-0.3, -0.25) is 4.57 Å². The van der Waals surface area contributed by atoms with Crippen LogP contribution in [0.25, 0.3) is 0 Å². The second-order valence-electron chi connectivity index (χ2n) is 3.72. The summed E-state index contributed by atoms with van der Waals surface area (Å²) in [6.45, 7) is 0. The highest BCUT2D eigenvalue weighted by molar-refractivity contribution is 7.50. The van der Waals surface area contributed by atoms with Crippen LogP contribution in [-0.2, 0) is 20.2 Å². The van der Waals surface area contributed by atoms with Crippen LogP contribution in [0.1, 0.15) is 26.3 Å². The number of rotatable bonds is 4. The van der Waals surface area contributed by atoms with Crippen molar-refractivity contribution >= 4 is 19.5 Å². The minimum atomic E-state index is -4.31. The highest BCUT2D eigenvalue weighted by atomic mass is 31.2. The van der Waals surface area contributed by atoms with Gasteiger partial charge in [0.2, 0.25) is 0 Å². The third kappa shape index (κ3) is 4.48. The normalized spacial score (nSPS) is 10.9. The molecule has 0 saturated heterocycles. The van der Waals surface area contributed by atoms with E-state index in [1.807, 2.05) is 0 Å². The van der Waals surface area contributed by atoms with Crippen LogP contribution >= 0.6 is 7.60 Å². The van der Waals surface area contributed by atoms with E-state index in [0.717, 1.165) is 14.2 Å². The van der Waals surface area contributed by atoms with Gasteiger partial charge < -0.3 is 19.3 Å². The first-order valence-electron chi connectivity index (χ1n) is 5.12. The van der Waals surface area contributed by atoms with Gasteiger partial charge in [-0.1, -0.05) is 0 Å². The third-order valence-electron chi connectivity index (χ3n) is 2.22. The molecule has 0 heterocycles. The van der Waals surface area contributed by atoms with Crippen LogP contribution in [0.5, 0.6) is 0 Å². The lowest BCUT2D eigenvalue weighted by Crippen LogP contribution is -2.08. The van der Waals surface area contributed by atoms with Crippen molar-refractivity contribution in [3.05, 3.63) is 34.9 Å². The maximum absolute atomic E-state index is 11.4. The first-order chi connectivity index (χ1) is 8.76. The van der Waals surface area contributed by atoms with Gasteiger partial charge in [0.05, 0.1) is 31.5 Å². The SMILES string of the molecule is COC(=O)c1cc(CP(=O)(O)O)cc(C(=O)OC)c1. The minimum absolute atomic E-state index is 0.0221. The zero-order valence-corrected chi connectivity index (χ0v) is 11.2. The average Bonchev–Trinajstić information content (AvgIpc) is 2.34. The third-order valence-corrected chi connectivity index (χ3v) is 3.00. The van der Waals surface area contributed by atoms with Crippen LogP contribution in [0.2, 0.25) is 0 Å². The summed E-state index contributed by atoms with van der Waals surface area (Å²) in [5.74, 6) is -1.42. The Bertz CT molecular complexity index is 512. The summed E-state index contributed by atoms with van der Waals surface area (Å²) in [6, 6.07) is 3.76. The van der Waals surface area contributed by atoms with E-state index in [9.17, 15) is 14.2 Å². The fourth-order valence-corrected chi connectivity index (χ4v) is 2.15. The van der Waals surface area contributed by atoms with Gasteiger partial charge in [-0.2, -0.15) is 0 Å². The summed E-state index contributed by atoms with van der Waals surface area (Å²) in [4.78, 5) is 40.7. The predicted octanol–water partition coefficient (Wildman–Crippen LogP) is 0.938. The zero-order valence-electron chi connectivity index (χ0n) is 10.3. The largest absolute Gasteiger partial charge is 0.465 e. The molecule has 0 aliphatic carbocycles. The summed E-state index contributed by atoms with van der Waals surface area (Å²) in [7, 11) is -1.98. The molecule has 104 valence electrons. The number of methoxy groups -OCH3 is 2. The van der Waals surface area contributed by atoms with Crippen LogP contribution in [0.15, 0.2) is 18.2 Å². The Morgan fingerprint density at radius 3 is 1.79 bits per heavy atom. The summed E-state index contributed by atoms with van der Waals surface area (Å²) < 4.78 is 20.0. The lowest BCUT2D eigenvalue weighted by Gasteiger charge is -2.08. The fraction of sp³-hybridized carbons (Fsp3) is 0.273. The summed E-state index contributed by atoms with van der Waals surface area (Å²) in [5.41, 5.74) is 0.194. The molecule has 1 aromatic rings. The highest BCUT2D eigenvalue weighted by Crippen LogP contribution is 2.39. The van der Waals surface area contributed by atoms with Crippen molar-refractivity contribution in [1.82, 2.24) is 0 Å². The Labute approximate surface area is 109 Å². The molecule has 0 radical (unpaired) electrons. The summed E-state index contributed by atoms with van der Waals surface area (Å²) >= 11 is 0. The molecule has 19 heavy (non-hydrogen) atoms. The first kappa shape index (κ1) is 15.4. The quantitative estimate of drug-likeness (QED) is 0.626. The molecule has 7 nitrogen and oxygen atoms in total. The van der Waals surface area contributed by atoms with Crippen molar-refractivity contribution in [1.29, 1.82) is 0 Å². The number of carbonyl (C=O) groups is 2. The van der Waals surface area contributed by atoms with Gasteiger partial charge in [-0.25, -0.2) is 9.59 Å². The van der Waals surface area contributed by atoms with E-state index in [4.69, 9.17) is 9.79 Å². The number of esters is 2. The van der Waals surface area contributed by atoms with E-state index in [1.54, 1.807) is 0 Å². The number of hydrogen-bond acceptors (Lipinski definition) is 5. The van der Waals surface area contributed by atoms with Gasteiger partial charge in [0.1, 0.15) is 0 Å². The molecule has 0 unspecified atom stereocenters. The molecule has 8 heteroatoms. The molecule has 1 rings (SSSR count). The van der Waals surface area contributed by atoms with Gasteiger partial charge in [-0.05, 0) is 23.8 Å². The molecule has 0 amide bonds. The van der Waals surface area contributed by atoms with E-state index >= 15 is 0 Å². The van der Waals surface area contributed by atoms with Crippen LogP contribution in [0, 0.1) is 0 Å². The van der Waals surface area contributed by atoms with Gasteiger partial charge in [0, 0.05) is 0 Å². The minimum Gasteiger partial charge on any atom is -0.465 e. The standard InChI is InChI=1S/C11H13O7P/c1-17-10(12)8-3-7(6-19(14,15)16)4-9(5-8)11(13)18-2/h3-5H,6H2,1-2H3,(H2,14,15,16). The van der Waals surface area contributed by atoms with Gasteiger partial charge >= 0.3 is 19.5 Å². The molecular formula is C11H13O7P. The van der Waals surface area contributed by atoms with E-state index in [0.29, 0.717) is 0 Å². The van der Waals surface area contributed by atoms with E-state index in [-0.39, 0.29) is 16.7 Å². The average molecular weight is 288 g/mol. The van der Waals surface area contributed by atoms with Crippen LogP contribution < -0.4 is 0 Å². The number of benzene rings is 1. The van der Waals surface area contributed by atoms with Crippen molar-refractivity contribution in [3.8, 4) is 0 Å². The Balaban J connectivity index is 3.27. The molecule has 1 aromatic carbocycles. The summed E-state index contributed by atoms with van der Waals surface area (Å²) in [6.07, 6.45) is -0.582. The zero-order chi connectivity index (χ0) is 14.6. The Morgan fingerprint density at radius 1 is 1.05 bits per heavy atom. The molecule has 0 aromatic heterocycles. The maximum atomic E-state index is 11.4. The van der Waals surface area contributed by atoms with E-state index in [2.05, 4.69) is 9.47 Å². The maximum Gasteiger partial charge on any atom is 0.337 e. The predicted molar refractivity (Wildman–Crippen MR) is 64.9 cm³/mol. The lowest BCUT2D eigenvalue weighted by atomic mass is 10.1. The van der Waals surface area contributed by atoms with Crippen LogP contribution in [0.4, 0.5) is 0 Å². The molecule has 0 aliphatic rings. The van der Waals surface area contributed by atoms with E-state index < -0.39 is 25.7 Å². The van der Waals surface area contributed by atoms with Crippen molar-refractivity contribution in [3.63, 3.8) is 0 Å². The van der Waals surface area contributed by atoms with Crippen molar-refractivity contribution in [2.45, 2.75) is 6.16 Å². The number of hydrogen-bond donors (Lipinski definition) is 2. The Hall–Kier alpha value is -1.69. The molecule has 2 N–H and O–H groups in total. The van der Waals surface area contributed by atoms with Gasteiger partial charge in [0.25, 0.3) is 0 Å². The molecule has 0 aliphatic heterocycles. The molecular weight excluding hydrogens is 275 g/mol. The van der Waals surface area contributed by atoms with Crippen molar-refractivity contribution < 1.29 is 33.4 Å². The van der Waals surface area contributed by atoms with E-state index in [1.165, 1.54) is 18.2 Å². The lowest BCUT2D eigenvalue weighted by molar-refractivity contribution is 0.0599. The number of ether oxygens (including phenoxy) is 2. The second kappa shape index (κ2) is 5.97. The van der Waals surface area contributed by atoms with Gasteiger partial charge in [0.15, 0.2) is 0 Å². The molecule has 0 spiro atoms. The first-order valence-corrected chi connectivity index (χ1v) is 6.92. The molecule has 0 fully saturated rings. The summed E-state index contributed by atoms with van der Waals surface area (Å²) in [5, 5.41) is 0. The second-order valence-corrected chi connectivity index (χ2v) is 5.37. The monoisotopic (exact) mass is 288 g/mol. The fourth-order valence-electron chi connectivity index (χ4n) is 1.49. The van der Waals surface area contributed by atoms with Crippen molar-refractivity contribution in [2.24, 2.45) is 0 Å². The topological polar surface area (TPSA) is 110 Å². The Kier molecular flexibility index (Phi) is 4.83. The van der Waals surface area contributed by atoms with Crippen molar-refractivity contribution in [2.75, 3.05) is 14.2 Å². The molecule has 0 atom stereocenters. The molecule has 0 saturated carbocycles. The molecule has 0 bridgehead atoms. The van der Waals surface area contributed by atoms with Crippen LogP contribution in [0.3, 0.4) is 0 Å². The van der Waals surface area contributed by atoms with Crippen LogP contribution in [-0.4, -0.2) is 35.9 Å². The van der Waals surface area contributed by atoms with Gasteiger partial charge in [-0.15, -0.1) is 0 Å².